The van der Waals surface area contributed by atoms with Crippen molar-refractivity contribution in [2.24, 2.45) is 5.92 Å². The van der Waals surface area contributed by atoms with Crippen molar-refractivity contribution >= 4 is 5.91 Å². The molecule has 2 rings (SSSR count). The van der Waals surface area contributed by atoms with Gasteiger partial charge in [-0.25, -0.2) is 0 Å². The number of nitrogens with one attached hydrogen (secondary N) is 1. The summed E-state index contributed by atoms with van der Waals surface area (Å²) in [6.07, 6.45) is 2.82. The van der Waals surface area contributed by atoms with E-state index in [9.17, 15) is 4.79 Å². The number of hydrogen-bond acceptors (Lipinski definition) is 3. The van der Waals surface area contributed by atoms with Crippen LogP contribution in [0.5, 0.6) is 0 Å². The molecule has 4 heteroatoms. The minimum absolute atomic E-state index is 0.226. The summed E-state index contributed by atoms with van der Waals surface area (Å²) in [4.78, 5) is 14.2. The highest BCUT2D eigenvalue weighted by atomic mass is 16.5. The van der Waals surface area contributed by atoms with Crippen LogP contribution < -0.4 is 5.32 Å². The SMILES string of the molecule is CNCC1CCCN(C(=O)CCOCc2ccccc2)C1. The molecule has 0 radical (unpaired) electrons. The molecule has 0 aromatic heterocycles. The van der Waals surface area contributed by atoms with E-state index in [1.807, 2.05) is 42.3 Å². The van der Waals surface area contributed by atoms with Gasteiger partial charge in [0.05, 0.1) is 19.6 Å². The maximum absolute atomic E-state index is 12.2. The Kier molecular flexibility index (Phi) is 6.70. The fraction of sp³-hybridized carbons (Fsp3) is 0.588. The highest BCUT2D eigenvalue weighted by Gasteiger charge is 2.22. The second-order valence-electron chi connectivity index (χ2n) is 5.69. The van der Waals surface area contributed by atoms with E-state index in [0.717, 1.165) is 31.6 Å². The van der Waals surface area contributed by atoms with Crippen LogP contribution in [0.1, 0.15) is 24.8 Å². The van der Waals surface area contributed by atoms with Gasteiger partial charge in [-0.15, -0.1) is 0 Å². The number of amides is 1. The van der Waals surface area contributed by atoms with Gasteiger partial charge in [-0.3, -0.25) is 4.79 Å². The van der Waals surface area contributed by atoms with Crippen molar-refractivity contribution in [1.29, 1.82) is 0 Å². The van der Waals surface area contributed by atoms with Gasteiger partial charge in [0.15, 0.2) is 0 Å². The molecule has 1 unspecified atom stereocenters. The normalized spacial score (nSPS) is 18.7. The first kappa shape index (κ1) is 16.0. The van der Waals surface area contributed by atoms with E-state index in [1.165, 1.54) is 6.42 Å². The average Bonchev–Trinajstić information content (AvgIpc) is 2.53. The fourth-order valence-electron chi connectivity index (χ4n) is 2.83. The van der Waals surface area contributed by atoms with Gasteiger partial charge < -0.3 is 15.0 Å². The molecule has 1 aliphatic rings. The minimum Gasteiger partial charge on any atom is -0.376 e. The van der Waals surface area contributed by atoms with Crippen LogP contribution in [-0.2, 0) is 16.1 Å². The largest absolute Gasteiger partial charge is 0.376 e. The molecule has 1 saturated heterocycles. The minimum atomic E-state index is 0.226. The number of carbonyl (C=O) groups is 1. The maximum Gasteiger partial charge on any atom is 0.224 e. The number of likely N-dealkylation sites (tertiary alicyclic amines) is 1. The highest BCUT2D eigenvalue weighted by Crippen LogP contribution is 2.16. The first-order valence-corrected chi connectivity index (χ1v) is 7.83. The van der Waals surface area contributed by atoms with Gasteiger partial charge in [0.1, 0.15) is 0 Å². The van der Waals surface area contributed by atoms with Gasteiger partial charge in [0.2, 0.25) is 5.91 Å². The summed E-state index contributed by atoms with van der Waals surface area (Å²) in [6.45, 7) is 3.86. The van der Waals surface area contributed by atoms with Gasteiger partial charge in [-0.2, -0.15) is 0 Å². The zero-order valence-electron chi connectivity index (χ0n) is 12.9. The topological polar surface area (TPSA) is 41.6 Å². The van der Waals surface area contributed by atoms with E-state index in [-0.39, 0.29) is 5.91 Å². The Morgan fingerprint density at radius 2 is 2.19 bits per heavy atom. The van der Waals surface area contributed by atoms with Gasteiger partial charge >= 0.3 is 0 Å². The van der Waals surface area contributed by atoms with Crippen molar-refractivity contribution in [2.45, 2.75) is 25.9 Å². The van der Waals surface area contributed by atoms with Crippen molar-refractivity contribution < 1.29 is 9.53 Å². The van der Waals surface area contributed by atoms with Crippen molar-refractivity contribution in [3.05, 3.63) is 35.9 Å². The first-order chi connectivity index (χ1) is 10.3. The predicted molar refractivity (Wildman–Crippen MR) is 83.9 cm³/mol. The highest BCUT2D eigenvalue weighted by molar-refractivity contribution is 5.76. The summed E-state index contributed by atoms with van der Waals surface area (Å²) in [5.74, 6) is 0.821. The molecule has 0 aliphatic carbocycles. The molecule has 1 aromatic rings. The number of ether oxygens (including phenoxy) is 1. The lowest BCUT2D eigenvalue weighted by Gasteiger charge is -2.32. The lowest BCUT2D eigenvalue weighted by Crippen LogP contribution is -2.42. The summed E-state index contributed by atoms with van der Waals surface area (Å²) >= 11 is 0. The number of hydrogen-bond donors (Lipinski definition) is 1. The van der Waals surface area contributed by atoms with Gasteiger partial charge in [-0.05, 0) is 37.9 Å². The molecule has 0 bridgehead atoms. The summed E-state index contributed by atoms with van der Waals surface area (Å²) in [6, 6.07) is 10.1. The molecule has 1 atom stereocenters. The van der Waals surface area contributed by atoms with Gasteiger partial charge in [0, 0.05) is 13.1 Å². The Bertz CT molecular complexity index is 420. The zero-order valence-corrected chi connectivity index (χ0v) is 12.9. The summed E-state index contributed by atoms with van der Waals surface area (Å²) in [5.41, 5.74) is 1.15. The van der Waals surface area contributed by atoms with Crippen molar-refractivity contribution in [3.8, 4) is 0 Å². The summed E-state index contributed by atoms with van der Waals surface area (Å²) < 4.78 is 5.60. The quantitative estimate of drug-likeness (QED) is 0.782. The molecule has 4 nitrogen and oxygen atoms in total. The van der Waals surface area contributed by atoms with E-state index in [1.54, 1.807) is 0 Å². The Labute approximate surface area is 127 Å². The first-order valence-electron chi connectivity index (χ1n) is 7.83. The third-order valence-electron chi connectivity index (χ3n) is 3.94. The molecule has 21 heavy (non-hydrogen) atoms. The van der Waals surface area contributed by atoms with Crippen LogP contribution in [0, 0.1) is 5.92 Å². The van der Waals surface area contributed by atoms with Crippen LogP contribution in [-0.4, -0.2) is 44.1 Å². The third kappa shape index (κ3) is 5.48. The molecule has 1 amide bonds. The van der Waals surface area contributed by atoms with Crippen LogP contribution in [0.2, 0.25) is 0 Å². The van der Waals surface area contributed by atoms with Crippen LogP contribution in [0.4, 0.5) is 0 Å². The van der Waals surface area contributed by atoms with Crippen LogP contribution in [0.25, 0.3) is 0 Å². The van der Waals surface area contributed by atoms with Crippen molar-refractivity contribution in [3.63, 3.8) is 0 Å². The number of benzene rings is 1. The smallest absolute Gasteiger partial charge is 0.224 e. The lowest BCUT2D eigenvalue weighted by atomic mass is 9.98. The van der Waals surface area contributed by atoms with E-state index in [4.69, 9.17) is 4.74 Å². The molecule has 116 valence electrons. The summed E-state index contributed by atoms with van der Waals surface area (Å²) in [5, 5.41) is 3.20. The van der Waals surface area contributed by atoms with Gasteiger partial charge in [-0.1, -0.05) is 30.3 Å². The van der Waals surface area contributed by atoms with Crippen molar-refractivity contribution in [1.82, 2.24) is 10.2 Å². The second kappa shape index (κ2) is 8.80. The Morgan fingerprint density at radius 3 is 2.95 bits per heavy atom. The molecule has 1 fully saturated rings. The standard InChI is InChI=1S/C17H26N2O2/c1-18-12-16-8-5-10-19(13-16)17(20)9-11-21-14-15-6-3-2-4-7-15/h2-4,6-7,16,18H,5,8-14H2,1H3. The monoisotopic (exact) mass is 290 g/mol. The van der Waals surface area contributed by atoms with Crippen LogP contribution >= 0.6 is 0 Å². The van der Waals surface area contributed by atoms with Gasteiger partial charge in [0.25, 0.3) is 0 Å². The molecule has 1 N–H and O–H groups in total. The van der Waals surface area contributed by atoms with E-state index < -0.39 is 0 Å². The van der Waals surface area contributed by atoms with Crippen LogP contribution in [0.15, 0.2) is 30.3 Å². The number of piperidine rings is 1. The lowest BCUT2D eigenvalue weighted by molar-refractivity contribution is -0.134. The average molecular weight is 290 g/mol. The number of carbonyl (C=O) groups excluding carboxylic acids is 1. The number of rotatable bonds is 7. The fourth-order valence-corrected chi connectivity index (χ4v) is 2.83. The Balaban J connectivity index is 1.65. The molecular formula is C17H26N2O2. The molecule has 1 aliphatic heterocycles. The molecule has 0 spiro atoms. The maximum atomic E-state index is 12.2. The van der Waals surface area contributed by atoms with Crippen molar-refractivity contribution in [2.75, 3.05) is 33.3 Å². The predicted octanol–water partition coefficient (Wildman–Crippen LogP) is 2.05. The Hall–Kier alpha value is -1.39. The van der Waals surface area contributed by atoms with E-state index in [2.05, 4.69) is 5.32 Å². The zero-order chi connectivity index (χ0) is 14.9. The molecular weight excluding hydrogens is 264 g/mol. The van der Waals surface area contributed by atoms with E-state index in [0.29, 0.717) is 25.6 Å². The molecule has 1 heterocycles. The summed E-state index contributed by atoms with van der Waals surface area (Å²) in [7, 11) is 1.97. The van der Waals surface area contributed by atoms with Crippen LogP contribution in [0.3, 0.4) is 0 Å². The molecule has 0 saturated carbocycles. The Morgan fingerprint density at radius 1 is 1.38 bits per heavy atom. The second-order valence-corrected chi connectivity index (χ2v) is 5.69. The van der Waals surface area contributed by atoms with E-state index >= 15 is 0 Å². The third-order valence-corrected chi connectivity index (χ3v) is 3.94. The number of nitrogens with zero attached hydrogens (tertiary/aromatic N) is 1. The molecule has 1 aromatic carbocycles.